The average Bonchev–Trinajstić information content (AvgIpc) is 1.85. The Hall–Kier alpha value is -0.640. The van der Waals surface area contributed by atoms with Gasteiger partial charge in [0, 0.05) is 12.1 Å². The molecule has 0 atom stereocenters. The molecule has 1 rings (SSSR count). The molecule has 0 aliphatic heterocycles. The lowest BCUT2D eigenvalue weighted by molar-refractivity contribution is 0.885. The molecule has 1 N–H and O–H groups in total. The van der Waals surface area contributed by atoms with Crippen molar-refractivity contribution in [3.8, 4) is 0 Å². The van der Waals surface area contributed by atoms with Gasteiger partial charge in [0.2, 0.25) is 0 Å². The van der Waals surface area contributed by atoms with Crippen LogP contribution in [-0.4, -0.2) is 16.0 Å². The maximum Gasteiger partial charge on any atom is 0.130 e. The van der Waals surface area contributed by atoms with E-state index >= 15 is 0 Å². The molecule has 3 nitrogen and oxygen atoms in total. The molecule has 4 heteroatoms. The number of aromatic nitrogens is 2. The van der Waals surface area contributed by atoms with Crippen LogP contribution in [0.4, 0.5) is 5.82 Å². The van der Waals surface area contributed by atoms with Crippen LogP contribution in [0.1, 0.15) is 13.8 Å². The van der Waals surface area contributed by atoms with E-state index in [2.05, 4.69) is 45.1 Å². The minimum absolute atomic E-state index is 0.400. The second-order valence-electron chi connectivity index (χ2n) is 2.53. The van der Waals surface area contributed by atoms with E-state index in [1.54, 1.807) is 0 Å². The minimum Gasteiger partial charge on any atom is -0.368 e. The van der Waals surface area contributed by atoms with Crippen LogP contribution in [0.15, 0.2) is 17.0 Å². The highest BCUT2D eigenvalue weighted by Crippen LogP contribution is 2.09. The zero-order chi connectivity index (χ0) is 8.27. The quantitative estimate of drug-likeness (QED) is 0.769. The van der Waals surface area contributed by atoms with Crippen molar-refractivity contribution in [3.05, 3.63) is 17.0 Å². The molecule has 0 unspecified atom stereocenters. The Balaban J connectivity index is 2.71. The summed E-state index contributed by atoms with van der Waals surface area (Å²) in [6.07, 6.45) is 1.52. The smallest absolute Gasteiger partial charge is 0.130 e. The summed E-state index contributed by atoms with van der Waals surface area (Å²) in [5.74, 6) is 0.849. The van der Waals surface area contributed by atoms with Gasteiger partial charge < -0.3 is 5.32 Å². The first-order valence-electron chi connectivity index (χ1n) is 3.42. The zero-order valence-electron chi connectivity index (χ0n) is 6.50. The third-order valence-corrected chi connectivity index (χ3v) is 1.50. The predicted octanol–water partition coefficient (Wildman–Crippen LogP) is 2.06. The Morgan fingerprint density at radius 1 is 1.45 bits per heavy atom. The Morgan fingerprint density at radius 3 is 2.73 bits per heavy atom. The van der Waals surface area contributed by atoms with Gasteiger partial charge in [-0.2, -0.15) is 0 Å². The van der Waals surface area contributed by atoms with Crippen molar-refractivity contribution in [1.82, 2.24) is 9.97 Å². The number of anilines is 1. The summed E-state index contributed by atoms with van der Waals surface area (Å²) in [6, 6.07) is 2.25. The monoisotopic (exact) mass is 215 g/mol. The van der Waals surface area contributed by atoms with Crippen molar-refractivity contribution < 1.29 is 0 Å². The van der Waals surface area contributed by atoms with E-state index < -0.39 is 0 Å². The van der Waals surface area contributed by atoms with Crippen molar-refractivity contribution in [1.29, 1.82) is 0 Å². The molecule has 0 bridgehead atoms. The van der Waals surface area contributed by atoms with Gasteiger partial charge in [0.15, 0.2) is 0 Å². The van der Waals surface area contributed by atoms with E-state index in [1.807, 2.05) is 6.07 Å². The number of halogens is 1. The van der Waals surface area contributed by atoms with Crippen LogP contribution < -0.4 is 5.32 Å². The first kappa shape index (κ1) is 8.46. The summed E-state index contributed by atoms with van der Waals surface area (Å²) >= 11 is 3.26. The standard InChI is InChI=1S/C7H10BrN3/c1-5(2)11-7-3-6(8)9-4-10-7/h3-5H,1-2H3,(H,9,10,11). The molecule has 11 heavy (non-hydrogen) atoms. The second kappa shape index (κ2) is 3.67. The molecular formula is C7H10BrN3. The Kier molecular flexibility index (Phi) is 2.82. The molecule has 1 aromatic heterocycles. The Morgan fingerprint density at radius 2 is 2.18 bits per heavy atom. The van der Waals surface area contributed by atoms with Crippen LogP contribution in [0.3, 0.4) is 0 Å². The van der Waals surface area contributed by atoms with Gasteiger partial charge >= 0.3 is 0 Å². The highest BCUT2D eigenvalue weighted by molar-refractivity contribution is 9.10. The van der Waals surface area contributed by atoms with E-state index in [1.165, 1.54) is 6.33 Å². The largest absolute Gasteiger partial charge is 0.368 e. The number of hydrogen-bond acceptors (Lipinski definition) is 3. The fourth-order valence-corrected chi connectivity index (χ4v) is 1.02. The van der Waals surface area contributed by atoms with E-state index in [4.69, 9.17) is 0 Å². The molecule has 1 heterocycles. The fraction of sp³-hybridized carbons (Fsp3) is 0.429. The summed E-state index contributed by atoms with van der Waals surface area (Å²) in [4.78, 5) is 7.94. The molecule has 0 spiro atoms. The SMILES string of the molecule is CC(C)Nc1cc(Br)ncn1. The van der Waals surface area contributed by atoms with E-state index in [0.717, 1.165) is 10.4 Å². The van der Waals surface area contributed by atoms with Crippen LogP contribution in [0.25, 0.3) is 0 Å². The molecule has 0 aliphatic carbocycles. The van der Waals surface area contributed by atoms with Crippen LogP contribution in [-0.2, 0) is 0 Å². The van der Waals surface area contributed by atoms with E-state index in [-0.39, 0.29) is 0 Å². The predicted molar refractivity (Wildman–Crippen MR) is 48.5 cm³/mol. The van der Waals surface area contributed by atoms with Crippen LogP contribution in [0, 0.1) is 0 Å². The Bertz CT molecular complexity index is 237. The summed E-state index contributed by atoms with van der Waals surface area (Å²) < 4.78 is 0.802. The molecule has 0 saturated carbocycles. The van der Waals surface area contributed by atoms with Gasteiger partial charge in [-0.05, 0) is 29.8 Å². The molecule has 0 fully saturated rings. The molecule has 0 amide bonds. The lowest BCUT2D eigenvalue weighted by atomic mass is 10.4. The molecule has 0 aromatic carbocycles. The maximum absolute atomic E-state index is 4.03. The molecule has 0 aliphatic rings. The van der Waals surface area contributed by atoms with Gasteiger partial charge in [0.1, 0.15) is 16.7 Å². The van der Waals surface area contributed by atoms with Crippen LogP contribution in [0.2, 0.25) is 0 Å². The van der Waals surface area contributed by atoms with Crippen molar-refractivity contribution in [2.75, 3.05) is 5.32 Å². The van der Waals surface area contributed by atoms with Crippen LogP contribution in [0.5, 0.6) is 0 Å². The normalized spacial score (nSPS) is 10.2. The first-order chi connectivity index (χ1) is 5.18. The molecular weight excluding hydrogens is 206 g/mol. The zero-order valence-corrected chi connectivity index (χ0v) is 8.09. The average molecular weight is 216 g/mol. The van der Waals surface area contributed by atoms with Crippen molar-refractivity contribution in [2.45, 2.75) is 19.9 Å². The minimum atomic E-state index is 0.400. The van der Waals surface area contributed by atoms with Gasteiger partial charge in [-0.15, -0.1) is 0 Å². The van der Waals surface area contributed by atoms with Crippen molar-refractivity contribution >= 4 is 21.7 Å². The lowest BCUT2D eigenvalue weighted by Gasteiger charge is -2.07. The van der Waals surface area contributed by atoms with Crippen LogP contribution >= 0.6 is 15.9 Å². The number of rotatable bonds is 2. The van der Waals surface area contributed by atoms with Gasteiger partial charge in [-0.25, -0.2) is 9.97 Å². The lowest BCUT2D eigenvalue weighted by Crippen LogP contribution is -2.10. The van der Waals surface area contributed by atoms with Gasteiger partial charge in [0.05, 0.1) is 0 Å². The second-order valence-corrected chi connectivity index (χ2v) is 3.34. The van der Waals surface area contributed by atoms with Gasteiger partial charge in [0.25, 0.3) is 0 Å². The molecule has 0 radical (unpaired) electrons. The fourth-order valence-electron chi connectivity index (χ4n) is 0.708. The Labute approximate surface area is 74.4 Å². The summed E-state index contributed by atoms with van der Waals surface area (Å²) in [5.41, 5.74) is 0. The molecule has 0 saturated heterocycles. The summed E-state index contributed by atoms with van der Waals surface area (Å²) in [7, 11) is 0. The van der Waals surface area contributed by atoms with Crippen molar-refractivity contribution in [3.63, 3.8) is 0 Å². The molecule has 60 valence electrons. The highest BCUT2D eigenvalue weighted by atomic mass is 79.9. The van der Waals surface area contributed by atoms with Crippen molar-refractivity contribution in [2.24, 2.45) is 0 Å². The summed E-state index contributed by atoms with van der Waals surface area (Å²) in [5, 5.41) is 3.16. The number of nitrogens with one attached hydrogen (secondary N) is 1. The van der Waals surface area contributed by atoms with E-state index in [0.29, 0.717) is 6.04 Å². The third kappa shape index (κ3) is 2.84. The first-order valence-corrected chi connectivity index (χ1v) is 4.22. The highest BCUT2D eigenvalue weighted by Gasteiger charge is 1.96. The topological polar surface area (TPSA) is 37.8 Å². The van der Waals surface area contributed by atoms with Gasteiger partial charge in [-0.3, -0.25) is 0 Å². The van der Waals surface area contributed by atoms with E-state index in [9.17, 15) is 0 Å². The van der Waals surface area contributed by atoms with Gasteiger partial charge in [-0.1, -0.05) is 0 Å². The maximum atomic E-state index is 4.03. The number of hydrogen-bond donors (Lipinski definition) is 1. The molecule has 1 aromatic rings. The third-order valence-electron chi connectivity index (χ3n) is 1.07. The number of nitrogens with zero attached hydrogens (tertiary/aromatic N) is 2. The summed E-state index contributed by atoms with van der Waals surface area (Å²) in [6.45, 7) is 4.13.